The van der Waals surface area contributed by atoms with E-state index in [-0.39, 0.29) is 32.0 Å². The topological polar surface area (TPSA) is 0 Å². The molecule has 0 nitrogen and oxygen atoms in total. The van der Waals surface area contributed by atoms with Gasteiger partial charge >= 0.3 is 17.8 Å². The summed E-state index contributed by atoms with van der Waals surface area (Å²) >= 11 is 13.8. The molecule has 1 aliphatic rings. The molecule has 0 amide bonds. The zero-order chi connectivity index (χ0) is 38.3. The number of allylic oxidation sites excluding steroid dienone is 2. The van der Waals surface area contributed by atoms with E-state index in [9.17, 15) is 0 Å². The van der Waals surface area contributed by atoms with E-state index in [0.29, 0.717) is 30.0 Å². The average Bonchev–Trinajstić information content (AvgIpc) is 3.95. The summed E-state index contributed by atoms with van der Waals surface area (Å²) in [5, 5.41) is 0. The first-order chi connectivity index (χ1) is 25.6. The molecule has 8 rings (SSSR count). The molecule has 0 bridgehead atoms. The van der Waals surface area contributed by atoms with Crippen LogP contribution < -0.4 is 0 Å². The van der Waals surface area contributed by atoms with Crippen molar-refractivity contribution < 1.29 is 26.3 Å². The molecule has 7 aromatic rings. The van der Waals surface area contributed by atoms with E-state index in [1.54, 1.807) is 37.3 Å². The van der Waals surface area contributed by atoms with Gasteiger partial charge in [-0.1, -0.05) is 54.6 Å². The van der Waals surface area contributed by atoms with Gasteiger partial charge in [-0.05, 0) is 97.1 Å². The van der Waals surface area contributed by atoms with Crippen molar-refractivity contribution in [2.45, 2.75) is 48.3 Å². The van der Waals surface area contributed by atoms with Crippen molar-refractivity contribution in [2.75, 3.05) is 0 Å². The zero-order valence-electron chi connectivity index (χ0n) is 28.6. The fourth-order valence-corrected chi connectivity index (χ4v) is 12.3. The molecular weight excluding hydrogens is 811 g/mol. The summed E-state index contributed by atoms with van der Waals surface area (Å²) < 4.78 is 98.2. The lowest BCUT2D eigenvalue weighted by atomic mass is 9.89. The van der Waals surface area contributed by atoms with E-state index in [2.05, 4.69) is 25.3 Å². The Kier molecular flexibility index (Phi) is 9.42. The Morgan fingerprint density at radius 3 is 1.54 bits per heavy atom. The van der Waals surface area contributed by atoms with E-state index in [1.807, 2.05) is 72.8 Å². The number of hydrogen-bond acceptors (Lipinski definition) is 6. The first-order valence-electron chi connectivity index (χ1n) is 16.6. The summed E-state index contributed by atoms with van der Waals surface area (Å²) in [5.74, 6) is -16.1. The van der Waals surface area contributed by atoms with Gasteiger partial charge in [-0.3, -0.25) is 0 Å². The van der Waals surface area contributed by atoms with Gasteiger partial charge < -0.3 is 0 Å². The third-order valence-electron chi connectivity index (χ3n) is 9.59. The summed E-state index contributed by atoms with van der Waals surface area (Å²) in [6.07, 6.45) is 0. The molecule has 54 heavy (non-hydrogen) atoms. The highest BCUT2D eigenvalue weighted by molar-refractivity contribution is 7.80. The van der Waals surface area contributed by atoms with Gasteiger partial charge in [0, 0.05) is 66.2 Å². The Bertz CT molecular complexity index is 2600. The number of halogens is 6. The summed E-state index contributed by atoms with van der Waals surface area (Å²) in [6, 6.07) is 31.3. The van der Waals surface area contributed by atoms with Crippen LogP contribution in [0.15, 0.2) is 113 Å². The second kappa shape index (κ2) is 13.6. The molecular formula is C42H28F6S6. The number of thiophene rings is 4. The Labute approximate surface area is 335 Å². The maximum Gasteiger partial charge on any atom is 0.380 e. The maximum atomic E-state index is 16.7. The quantitative estimate of drug-likeness (QED) is 0.116. The molecule has 0 unspecified atom stereocenters. The van der Waals surface area contributed by atoms with Crippen LogP contribution in [0, 0.1) is 20.8 Å². The van der Waals surface area contributed by atoms with Crippen molar-refractivity contribution in [3.05, 3.63) is 130 Å². The van der Waals surface area contributed by atoms with Gasteiger partial charge in [0.1, 0.15) is 0 Å². The van der Waals surface area contributed by atoms with Crippen LogP contribution in [0.4, 0.5) is 26.3 Å². The molecule has 0 saturated heterocycles. The lowest BCUT2D eigenvalue weighted by molar-refractivity contribution is -0.254. The predicted octanol–water partition coefficient (Wildman–Crippen LogP) is 15.6. The molecule has 0 atom stereocenters. The van der Waals surface area contributed by atoms with E-state index in [4.69, 9.17) is 0 Å². The first kappa shape index (κ1) is 37.4. The summed E-state index contributed by atoms with van der Waals surface area (Å²) in [7, 11) is 0. The van der Waals surface area contributed by atoms with Crippen LogP contribution in [-0.2, 0) is 0 Å². The highest BCUT2D eigenvalue weighted by atomic mass is 32.1. The molecule has 274 valence electrons. The van der Waals surface area contributed by atoms with Crippen molar-refractivity contribution in [3.63, 3.8) is 0 Å². The maximum absolute atomic E-state index is 16.7. The van der Waals surface area contributed by atoms with Crippen molar-refractivity contribution in [1.82, 2.24) is 0 Å². The van der Waals surface area contributed by atoms with Gasteiger partial charge in [-0.2, -0.15) is 26.3 Å². The van der Waals surface area contributed by atoms with Gasteiger partial charge in [0.15, 0.2) is 0 Å². The standard InChI is InChI=1S/C42H28F6S6/c1-21-33(23(3)51-37(21)26-12-8-14-28(50)20-26)35-36(41(45,46)42(47,48)40(35,43)44)34-22(2)38(31-17-15-29(52-31)24-9-5-4-6-10-24)54-39(34)32-18-16-30(53-32)25-11-7-13-27(49)19-25/h4-20,49-50H,1-3H3. The largest absolute Gasteiger partial charge is 0.380 e. The molecule has 0 aliphatic heterocycles. The smallest absolute Gasteiger partial charge is 0.194 e. The highest BCUT2D eigenvalue weighted by Crippen LogP contribution is 2.68. The Morgan fingerprint density at radius 1 is 0.444 bits per heavy atom. The Hall–Kier alpha value is -3.52. The lowest BCUT2D eigenvalue weighted by Gasteiger charge is -2.26. The van der Waals surface area contributed by atoms with Crippen LogP contribution in [0.5, 0.6) is 0 Å². The molecule has 4 aromatic heterocycles. The fourth-order valence-electron chi connectivity index (χ4n) is 7.05. The van der Waals surface area contributed by atoms with E-state index in [1.165, 1.54) is 36.5 Å². The van der Waals surface area contributed by atoms with Crippen molar-refractivity contribution >= 4 is 81.8 Å². The number of hydrogen-bond donors (Lipinski definition) is 2. The van der Waals surface area contributed by atoms with E-state index < -0.39 is 28.9 Å². The third kappa shape index (κ3) is 5.87. The number of alkyl halides is 6. The zero-order valence-corrected chi connectivity index (χ0v) is 33.7. The van der Waals surface area contributed by atoms with Crippen LogP contribution in [0.3, 0.4) is 0 Å². The number of rotatable bonds is 7. The Morgan fingerprint density at radius 2 is 0.926 bits per heavy atom. The molecule has 0 radical (unpaired) electrons. The van der Waals surface area contributed by atoms with Crippen molar-refractivity contribution in [3.8, 4) is 50.8 Å². The minimum Gasteiger partial charge on any atom is -0.194 e. The van der Waals surface area contributed by atoms with Crippen LogP contribution in [-0.4, -0.2) is 17.8 Å². The lowest BCUT2D eigenvalue weighted by Crippen LogP contribution is -2.49. The first-order valence-corrected chi connectivity index (χ1v) is 20.7. The van der Waals surface area contributed by atoms with E-state index in [0.717, 1.165) is 48.5 Å². The molecule has 4 heterocycles. The molecule has 3 aromatic carbocycles. The predicted molar refractivity (Wildman–Crippen MR) is 222 cm³/mol. The molecule has 1 aliphatic carbocycles. The van der Waals surface area contributed by atoms with Crippen molar-refractivity contribution in [1.29, 1.82) is 0 Å². The van der Waals surface area contributed by atoms with Crippen LogP contribution in [0.1, 0.15) is 27.1 Å². The second-order valence-electron chi connectivity index (χ2n) is 13.0. The SMILES string of the molecule is Cc1sc(-c2cccc(S)c2)c(C)c1C1=C(c2c(-c3ccc(-c4cccc(S)c4)s3)sc(-c3ccc(-c4ccccc4)s3)c2C)C(F)(F)C(F)(F)C1(F)F. The van der Waals surface area contributed by atoms with Crippen molar-refractivity contribution in [2.24, 2.45) is 0 Å². The minimum atomic E-state index is -5.71. The summed E-state index contributed by atoms with van der Waals surface area (Å²) in [6.45, 7) is 4.61. The summed E-state index contributed by atoms with van der Waals surface area (Å²) in [4.78, 5) is 5.75. The van der Waals surface area contributed by atoms with Crippen LogP contribution >= 0.6 is 70.6 Å². The van der Waals surface area contributed by atoms with Crippen LogP contribution in [0.2, 0.25) is 0 Å². The number of thiol groups is 2. The average molecular weight is 839 g/mol. The van der Waals surface area contributed by atoms with Crippen LogP contribution in [0.25, 0.3) is 62.0 Å². The fraction of sp³-hybridized carbons (Fsp3) is 0.143. The Balaban J connectivity index is 1.43. The van der Waals surface area contributed by atoms with Gasteiger partial charge in [0.05, 0.1) is 4.88 Å². The summed E-state index contributed by atoms with van der Waals surface area (Å²) in [5.41, 5.74) is -0.381. The second-order valence-corrected chi connectivity index (χ2v) is 18.5. The highest BCUT2D eigenvalue weighted by Gasteiger charge is 2.80. The van der Waals surface area contributed by atoms with Gasteiger partial charge in [-0.15, -0.1) is 70.6 Å². The molecule has 12 heteroatoms. The number of aryl methyl sites for hydroxylation is 1. The molecule has 0 fully saturated rings. The van der Waals surface area contributed by atoms with Gasteiger partial charge in [0.25, 0.3) is 0 Å². The minimum absolute atomic E-state index is 0.225. The molecule has 0 N–H and O–H groups in total. The molecule has 0 spiro atoms. The monoisotopic (exact) mass is 838 g/mol. The normalized spacial score (nSPS) is 16.1. The number of benzene rings is 3. The van der Waals surface area contributed by atoms with Gasteiger partial charge in [-0.25, -0.2) is 0 Å². The van der Waals surface area contributed by atoms with E-state index >= 15 is 26.3 Å². The molecule has 0 saturated carbocycles. The third-order valence-corrected chi connectivity index (χ3v) is 15.3. The van der Waals surface area contributed by atoms with Gasteiger partial charge in [0.2, 0.25) is 0 Å².